The van der Waals surface area contributed by atoms with Crippen molar-refractivity contribution in [3.63, 3.8) is 0 Å². The summed E-state index contributed by atoms with van der Waals surface area (Å²) in [5, 5.41) is 10.9. The molecule has 194 valence electrons. The third kappa shape index (κ3) is 5.13. The molecule has 1 aromatic rings. The highest BCUT2D eigenvalue weighted by Crippen LogP contribution is 2.47. The van der Waals surface area contributed by atoms with E-state index in [9.17, 15) is 23.1 Å². The van der Waals surface area contributed by atoms with Gasteiger partial charge in [-0.05, 0) is 60.2 Å². The van der Waals surface area contributed by atoms with E-state index in [1.807, 2.05) is 27.7 Å². The molecule has 1 N–H and O–H groups in total. The van der Waals surface area contributed by atoms with Crippen LogP contribution in [-0.2, 0) is 29.3 Å². The monoisotopic (exact) mass is 521 g/mol. The summed E-state index contributed by atoms with van der Waals surface area (Å²) in [5.41, 5.74) is 1.12. The number of carbonyl (C=O) groups excluding carboxylic acids is 1. The first-order valence-corrected chi connectivity index (χ1v) is 16.5. The Morgan fingerprint density at radius 1 is 1.14 bits per heavy atom. The van der Waals surface area contributed by atoms with Crippen LogP contribution >= 0.6 is 0 Å². The Labute approximate surface area is 210 Å². The van der Waals surface area contributed by atoms with Crippen molar-refractivity contribution in [2.24, 2.45) is 5.92 Å². The molecule has 2 heterocycles. The third-order valence-corrected chi connectivity index (χ3v) is 13.9. The molecule has 2 saturated heterocycles. The molecule has 0 spiro atoms. The lowest BCUT2D eigenvalue weighted by Gasteiger charge is -2.49. The predicted octanol–water partition coefficient (Wildman–Crippen LogP) is 4.74. The quantitative estimate of drug-likeness (QED) is 0.429. The molecule has 2 aliphatic rings. The van der Waals surface area contributed by atoms with Gasteiger partial charge in [-0.15, -0.1) is 0 Å². The Balaban J connectivity index is 1.89. The van der Waals surface area contributed by atoms with Crippen LogP contribution in [-0.4, -0.2) is 56.8 Å². The van der Waals surface area contributed by atoms with Crippen LogP contribution in [0.1, 0.15) is 60.5 Å². The Hall–Kier alpha value is -1.97. The highest BCUT2D eigenvalue weighted by atomic mass is 32.2. The van der Waals surface area contributed by atoms with Crippen molar-refractivity contribution in [2.75, 3.05) is 0 Å². The maximum atomic E-state index is 13.2. The molecule has 4 unspecified atom stereocenters. The van der Waals surface area contributed by atoms with Gasteiger partial charge in [0, 0.05) is 5.41 Å². The number of fused-ring (bicyclic) bond motifs is 1. The smallest absolute Gasteiger partial charge is 0.330 e. The van der Waals surface area contributed by atoms with E-state index < -0.39 is 36.1 Å². The molecule has 2 aliphatic heterocycles. The van der Waals surface area contributed by atoms with E-state index in [-0.39, 0.29) is 45.4 Å². The average Bonchev–Trinajstić information content (AvgIpc) is 2.99. The number of carboxylic acid groups (broad SMARTS) is 1. The van der Waals surface area contributed by atoms with Crippen molar-refractivity contribution in [3.05, 3.63) is 40.8 Å². The van der Waals surface area contributed by atoms with E-state index >= 15 is 0 Å². The Morgan fingerprint density at radius 3 is 2.14 bits per heavy atom. The number of amides is 1. The van der Waals surface area contributed by atoms with Gasteiger partial charge in [0.15, 0.2) is 24.2 Å². The molecule has 0 aromatic heterocycles. The Bertz CT molecular complexity index is 1140. The number of β-lactam (4-membered cyclic amide) rings is 1. The van der Waals surface area contributed by atoms with Crippen LogP contribution in [0.4, 0.5) is 0 Å². The molecular weight excluding hydrogens is 482 g/mol. The number of hydrogen-bond acceptors (Lipinski definition) is 5. The fourth-order valence-corrected chi connectivity index (χ4v) is 7.40. The summed E-state index contributed by atoms with van der Waals surface area (Å²) in [6.45, 7) is 18.6. The topological polar surface area (TPSA) is 101 Å². The van der Waals surface area contributed by atoms with Gasteiger partial charge < -0.3 is 14.4 Å². The molecule has 0 saturated carbocycles. The SMILES string of the molecule is CC(O[Si](C)(C)C(C)(C)C)C1C(=O)N2C(C(=O)O)C(=CS(=O)(=O)c3ccc(C(C)(C)C)cc3)CC12. The number of rotatable bonds is 6. The average molecular weight is 522 g/mol. The summed E-state index contributed by atoms with van der Waals surface area (Å²) in [6.07, 6.45) is -0.169. The summed E-state index contributed by atoms with van der Waals surface area (Å²) in [7, 11) is -6.02. The minimum Gasteiger partial charge on any atom is -0.479 e. The van der Waals surface area contributed by atoms with Gasteiger partial charge in [0.05, 0.1) is 23.0 Å². The molecule has 2 fully saturated rings. The fourth-order valence-electron chi connectivity index (χ4n) is 4.70. The van der Waals surface area contributed by atoms with Gasteiger partial charge in [-0.2, -0.15) is 0 Å². The van der Waals surface area contributed by atoms with Crippen LogP contribution in [0.25, 0.3) is 0 Å². The molecular formula is C26H39NO6SSi. The molecule has 0 aliphatic carbocycles. The van der Waals surface area contributed by atoms with E-state index in [0.717, 1.165) is 11.0 Å². The van der Waals surface area contributed by atoms with E-state index in [0.29, 0.717) is 0 Å². The van der Waals surface area contributed by atoms with Gasteiger partial charge in [0.1, 0.15) is 0 Å². The van der Waals surface area contributed by atoms with Crippen molar-refractivity contribution in [1.82, 2.24) is 4.90 Å². The predicted molar refractivity (Wildman–Crippen MR) is 138 cm³/mol. The standard InChI is InChI=1S/C26H39NO6SSi/c1-16(33-35(8,9)26(5,6)7)21-20-14-17(22(24(29)30)27(20)23(21)28)15-34(31,32)19-12-10-18(11-13-19)25(2,3)4/h10-13,15-16,20-22H,14H2,1-9H3,(H,29,30). The number of carbonyl (C=O) groups is 2. The maximum absolute atomic E-state index is 13.2. The summed E-state index contributed by atoms with van der Waals surface area (Å²) < 4.78 is 32.7. The summed E-state index contributed by atoms with van der Waals surface area (Å²) in [6, 6.07) is 5.01. The summed E-state index contributed by atoms with van der Waals surface area (Å²) >= 11 is 0. The number of sulfone groups is 1. The number of carboxylic acids is 1. The van der Waals surface area contributed by atoms with Crippen molar-refractivity contribution >= 4 is 30.0 Å². The van der Waals surface area contributed by atoms with Gasteiger partial charge in [0.2, 0.25) is 5.91 Å². The van der Waals surface area contributed by atoms with Crippen molar-refractivity contribution in [3.8, 4) is 0 Å². The molecule has 1 aromatic carbocycles. The lowest BCUT2D eigenvalue weighted by Crippen LogP contribution is -2.65. The van der Waals surface area contributed by atoms with Crippen LogP contribution in [0.2, 0.25) is 18.1 Å². The minimum atomic E-state index is -3.88. The molecule has 3 rings (SSSR count). The number of benzene rings is 1. The van der Waals surface area contributed by atoms with Crippen LogP contribution in [0.3, 0.4) is 0 Å². The second kappa shape index (κ2) is 8.85. The molecule has 7 nitrogen and oxygen atoms in total. The van der Waals surface area contributed by atoms with E-state index in [4.69, 9.17) is 4.43 Å². The zero-order valence-corrected chi connectivity index (χ0v) is 24.1. The lowest BCUT2D eigenvalue weighted by atomic mass is 9.84. The Morgan fingerprint density at radius 2 is 1.69 bits per heavy atom. The number of aliphatic carboxylic acids is 1. The zero-order chi connectivity index (χ0) is 26.7. The van der Waals surface area contributed by atoms with E-state index in [1.54, 1.807) is 24.3 Å². The summed E-state index contributed by atoms with van der Waals surface area (Å²) in [5.74, 6) is -1.99. The second-order valence-electron chi connectivity index (χ2n) is 12.4. The lowest BCUT2D eigenvalue weighted by molar-refractivity contribution is -0.168. The van der Waals surface area contributed by atoms with Crippen molar-refractivity contribution in [1.29, 1.82) is 0 Å². The van der Waals surface area contributed by atoms with Gasteiger partial charge >= 0.3 is 5.97 Å². The van der Waals surface area contributed by atoms with Crippen molar-refractivity contribution in [2.45, 2.75) is 102 Å². The van der Waals surface area contributed by atoms with Gasteiger partial charge in [-0.25, -0.2) is 13.2 Å². The first kappa shape index (κ1) is 27.6. The molecule has 35 heavy (non-hydrogen) atoms. The number of hydrogen-bond donors (Lipinski definition) is 1. The highest BCUT2D eigenvalue weighted by molar-refractivity contribution is 7.94. The minimum absolute atomic E-state index is 0.0330. The van der Waals surface area contributed by atoms with Gasteiger partial charge in [0.25, 0.3) is 0 Å². The van der Waals surface area contributed by atoms with Gasteiger partial charge in [-0.3, -0.25) is 4.79 Å². The van der Waals surface area contributed by atoms with Crippen molar-refractivity contribution < 1.29 is 27.5 Å². The normalized spacial score (nSPS) is 25.4. The highest BCUT2D eigenvalue weighted by Gasteiger charge is 2.60. The van der Waals surface area contributed by atoms with Gasteiger partial charge in [-0.1, -0.05) is 53.7 Å². The zero-order valence-electron chi connectivity index (χ0n) is 22.2. The largest absolute Gasteiger partial charge is 0.479 e. The second-order valence-corrected chi connectivity index (χ2v) is 18.9. The van der Waals surface area contributed by atoms with Crippen LogP contribution < -0.4 is 0 Å². The first-order chi connectivity index (χ1) is 15.8. The first-order valence-electron chi connectivity index (χ1n) is 12.1. The van der Waals surface area contributed by atoms with Crippen LogP contribution in [0.15, 0.2) is 40.1 Å². The van der Waals surface area contributed by atoms with Crippen LogP contribution in [0.5, 0.6) is 0 Å². The maximum Gasteiger partial charge on any atom is 0.330 e. The fraction of sp³-hybridized carbons (Fsp3) is 0.615. The summed E-state index contributed by atoms with van der Waals surface area (Å²) in [4.78, 5) is 26.6. The number of nitrogens with zero attached hydrogens (tertiary/aromatic N) is 1. The molecule has 4 atom stereocenters. The molecule has 0 bridgehead atoms. The third-order valence-electron chi connectivity index (χ3n) is 7.77. The molecule has 9 heteroatoms. The van der Waals surface area contributed by atoms with E-state index in [2.05, 4.69) is 33.9 Å². The Kier molecular flexibility index (Phi) is 6.98. The molecule has 0 radical (unpaired) electrons. The molecule has 1 amide bonds. The van der Waals surface area contributed by atoms with E-state index in [1.165, 1.54) is 4.90 Å². The van der Waals surface area contributed by atoms with Crippen LogP contribution in [0, 0.1) is 5.92 Å².